The van der Waals surface area contributed by atoms with Crippen LogP contribution >= 0.6 is 0 Å². The number of rotatable bonds is 4. The van der Waals surface area contributed by atoms with Gasteiger partial charge in [-0.2, -0.15) is 0 Å². The van der Waals surface area contributed by atoms with Crippen molar-refractivity contribution in [2.24, 2.45) is 0 Å². The van der Waals surface area contributed by atoms with Crippen molar-refractivity contribution in [3.05, 3.63) is 99.9 Å². The van der Waals surface area contributed by atoms with E-state index in [1.807, 2.05) is 30.3 Å². The molecule has 0 saturated heterocycles. The Morgan fingerprint density at radius 1 is 0.929 bits per heavy atom. The molecule has 1 heterocycles. The monoisotopic (exact) mass is 372 g/mol. The van der Waals surface area contributed by atoms with Crippen LogP contribution < -0.4 is 5.63 Å². The van der Waals surface area contributed by atoms with Crippen LogP contribution in [0.25, 0.3) is 22.1 Å². The first-order valence-corrected chi connectivity index (χ1v) is 8.70. The quantitative estimate of drug-likeness (QED) is 0.517. The molecule has 3 aromatic carbocycles. The van der Waals surface area contributed by atoms with Crippen molar-refractivity contribution in [2.75, 3.05) is 0 Å². The molecular weight excluding hydrogens is 356 g/mol. The van der Waals surface area contributed by atoms with E-state index in [1.54, 1.807) is 36.4 Å². The van der Waals surface area contributed by atoms with Crippen LogP contribution in [0.15, 0.2) is 82.0 Å². The zero-order valence-corrected chi connectivity index (χ0v) is 14.8. The molecule has 0 unspecified atom stereocenters. The molecular formula is C23H16O5. The molecule has 0 spiro atoms. The fourth-order valence-corrected chi connectivity index (χ4v) is 3.28. The van der Waals surface area contributed by atoms with Gasteiger partial charge in [0.2, 0.25) is 0 Å². The largest absolute Gasteiger partial charge is 0.507 e. The Morgan fingerprint density at radius 2 is 1.64 bits per heavy atom. The van der Waals surface area contributed by atoms with Gasteiger partial charge in [0.05, 0.1) is 16.5 Å². The number of carbonyl (C=O) groups is 1. The van der Waals surface area contributed by atoms with Crippen LogP contribution in [0.5, 0.6) is 5.75 Å². The lowest BCUT2D eigenvalue weighted by Gasteiger charge is -2.11. The normalized spacial score (nSPS) is 10.9. The molecule has 0 amide bonds. The summed E-state index contributed by atoms with van der Waals surface area (Å²) < 4.78 is 5.31. The van der Waals surface area contributed by atoms with E-state index in [-0.39, 0.29) is 23.3 Å². The van der Waals surface area contributed by atoms with Gasteiger partial charge >= 0.3 is 11.6 Å². The fraction of sp³-hybridized carbons (Fsp3) is 0.0435. The molecule has 5 nitrogen and oxygen atoms in total. The van der Waals surface area contributed by atoms with E-state index in [0.717, 1.165) is 5.56 Å². The van der Waals surface area contributed by atoms with Gasteiger partial charge in [-0.15, -0.1) is 0 Å². The standard InChI is InChI=1S/C23H16O5/c24-21-17-8-4-5-9-20(17)28-23(27)19(21)13-14-10-11-16(22(25)26)18(12-14)15-6-2-1-3-7-15/h1-12,24H,13H2,(H,25,26). The van der Waals surface area contributed by atoms with Crippen molar-refractivity contribution in [3.63, 3.8) is 0 Å². The zero-order chi connectivity index (χ0) is 19.7. The Hall–Kier alpha value is -3.86. The van der Waals surface area contributed by atoms with E-state index in [2.05, 4.69) is 0 Å². The van der Waals surface area contributed by atoms with Crippen LogP contribution in [0.2, 0.25) is 0 Å². The SMILES string of the molecule is O=C(O)c1ccc(Cc2c(O)c3ccccc3oc2=O)cc1-c1ccccc1. The van der Waals surface area contributed by atoms with E-state index in [0.29, 0.717) is 22.1 Å². The second-order valence-corrected chi connectivity index (χ2v) is 6.44. The highest BCUT2D eigenvalue weighted by atomic mass is 16.4. The molecule has 28 heavy (non-hydrogen) atoms. The summed E-state index contributed by atoms with van der Waals surface area (Å²) in [7, 11) is 0. The minimum atomic E-state index is -1.03. The van der Waals surface area contributed by atoms with Crippen molar-refractivity contribution >= 4 is 16.9 Å². The number of hydrogen-bond acceptors (Lipinski definition) is 4. The highest BCUT2D eigenvalue weighted by molar-refractivity contribution is 5.96. The molecule has 0 atom stereocenters. The number of aromatic carboxylic acids is 1. The number of benzene rings is 3. The van der Waals surface area contributed by atoms with Crippen LogP contribution in [-0.4, -0.2) is 16.2 Å². The predicted molar refractivity (Wildman–Crippen MR) is 106 cm³/mol. The number of carboxylic acids is 1. The minimum absolute atomic E-state index is 0.115. The number of aromatic hydroxyl groups is 1. The topological polar surface area (TPSA) is 87.7 Å². The second-order valence-electron chi connectivity index (χ2n) is 6.44. The van der Waals surface area contributed by atoms with Crippen LogP contribution in [0.1, 0.15) is 21.5 Å². The fourth-order valence-electron chi connectivity index (χ4n) is 3.28. The molecule has 0 saturated carbocycles. The Morgan fingerprint density at radius 3 is 2.39 bits per heavy atom. The number of hydrogen-bond donors (Lipinski definition) is 2. The van der Waals surface area contributed by atoms with Crippen molar-refractivity contribution < 1.29 is 19.4 Å². The van der Waals surface area contributed by atoms with Crippen LogP contribution in [0.3, 0.4) is 0 Å². The molecule has 0 aliphatic carbocycles. The zero-order valence-electron chi connectivity index (χ0n) is 14.8. The average molecular weight is 372 g/mol. The summed E-state index contributed by atoms with van der Waals surface area (Å²) in [6.07, 6.45) is 0.124. The lowest BCUT2D eigenvalue weighted by atomic mass is 9.94. The lowest BCUT2D eigenvalue weighted by molar-refractivity contribution is 0.0697. The molecule has 0 aliphatic rings. The summed E-state index contributed by atoms with van der Waals surface area (Å²) in [5.74, 6) is -1.14. The van der Waals surface area contributed by atoms with E-state index in [9.17, 15) is 19.8 Å². The van der Waals surface area contributed by atoms with Crippen LogP contribution in [0.4, 0.5) is 0 Å². The first-order valence-electron chi connectivity index (χ1n) is 8.70. The maximum absolute atomic E-state index is 12.4. The first-order chi connectivity index (χ1) is 13.5. The molecule has 2 N–H and O–H groups in total. The van der Waals surface area contributed by atoms with E-state index in [4.69, 9.17) is 4.42 Å². The maximum Gasteiger partial charge on any atom is 0.343 e. The molecule has 4 rings (SSSR count). The van der Waals surface area contributed by atoms with Gasteiger partial charge in [-0.1, -0.05) is 48.5 Å². The van der Waals surface area contributed by atoms with Gasteiger partial charge in [-0.05, 0) is 41.0 Å². The van der Waals surface area contributed by atoms with Gasteiger partial charge in [-0.25, -0.2) is 9.59 Å². The smallest absolute Gasteiger partial charge is 0.343 e. The molecule has 5 heteroatoms. The van der Waals surface area contributed by atoms with Gasteiger partial charge in [0.15, 0.2) is 0 Å². The van der Waals surface area contributed by atoms with Crippen LogP contribution in [0, 0.1) is 0 Å². The van der Waals surface area contributed by atoms with Crippen molar-refractivity contribution in [1.29, 1.82) is 0 Å². The summed E-state index contributed by atoms with van der Waals surface area (Å²) in [5, 5.41) is 20.5. The highest BCUT2D eigenvalue weighted by Crippen LogP contribution is 2.30. The second kappa shape index (κ2) is 7.04. The molecule has 0 fully saturated rings. The third kappa shape index (κ3) is 3.14. The third-order valence-electron chi connectivity index (χ3n) is 4.66. The predicted octanol–water partition coefficient (Wildman–Crippen LogP) is 4.45. The van der Waals surface area contributed by atoms with Crippen LogP contribution in [-0.2, 0) is 6.42 Å². The van der Waals surface area contributed by atoms with Gasteiger partial charge < -0.3 is 14.6 Å². The third-order valence-corrected chi connectivity index (χ3v) is 4.66. The summed E-state index contributed by atoms with van der Waals surface area (Å²) in [6, 6.07) is 20.8. The lowest BCUT2D eigenvalue weighted by Crippen LogP contribution is -2.09. The summed E-state index contributed by atoms with van der Waals surface area (Å²) >= 11 is 0. The number of carboxylic acid groups (broad SMARTS) is 1. The summed E-state index contributed by atoms with van der Waals surface area (Å²) in [5.41, 5.74) is 2.03. The minimum Gasteiger partial charge on any atom is -0.507 e. The summed E-state index contributed by atoms with van der Waals surface area (Å²) in [6.45, 7) is 0. The molecule has 0 bridgehead atoms. The Labute approximate surface area is 160 Å². The molecule has 4 aromatic rings. The van der Waals surface area contributed by atoms with Crippen molar-refractivity contribution in [3.8, 4) is 16.9 Å². The summed E-state index contributed by atoms with van der Waals surface area (Å²) in [4.78, 5) is 24.0. The number of fused-ring (bicyclic) bond motifs is 1. The van der Waals surface area contributed by atoms with Gasteiger partial charge in [0.1, 0.15) is 11.3 Å². The maximum atomic E-state index is 12.4. The van der Waals surface area contributed by atoms with Gasteiger partial charge in [0, 0.05) is 6.42 Å². The Balaban J connectivity index is 1.82. The Bertz CT molecular complexity index is 1240. The van der Waals surface area contributed by atoms with Crippen molar-refractivity contribution in [2.45, 2.75) is 6.42 Å². The molecule has 1 aromatic heterocycles. The van der Waals surface area contributed by atoms with Crippen molar-refractivity contribution in [1.82, 2.24) is 0 Å². The molecule has 0 radical (unpaired) electrons. The first kappa shape index (κ1) is 17.5. The van der Waals surface area contributed by atoms with E-state index >= 15 is 0 Å². The number of para-hydroxylation sites is 1. The highest BCUT2D eigenvalue weighted by Gasteiger charge is 2.17. The van der Waals surface area contributed by atoms with Gasteiger partial charge in [0.25, 0.3) is 0 Å². The van der Waals surface area contributed by atoms with E-state index < -0.39 is 11.6 Å². The average Bonchev–Trinajstić information content (AvgIpc) is 2.71. The van der Waals surface area contributed by atoms with E-state index in [1.165, 1.54) is 6.07 Å². The Kier molecular flexibility index (Phi) is 4.41. The molecule has 138 valence electrons. The van der Waals surface area contributed by atoms with Gasteiger partial charge in [-0.3, -0.25) is 0 Å². The molecule has 0 aliphatic heterocycles.